The van der Waals surface area contributed by atoms with Crippen LogP contribution in [0, 0.1) is 0 Å². The minimum absolute atomic E-state index is 0.0294. The van der Waals surface area contributed by atoms with Crippen molar-refractivity contribution in [2.24, 2.45) is 0 Å². The Labute approximate surface area is 140 Å². The summed E-state index contributed by atoms with van der Waals surface area (Å²) in [5, 5.41) is 0.344. The number of nitrogens with zero attached hydrogens (tertiary/aromatic N) is 1. The van der Waals surface area contributed by atoms with Gasteiger partial charge in [0.2, 0.25) is 0 Å². The lowest BCUT2D eigenvalue weighted by Crippen LogP contribution is -2.36. The lowest BCUT2D eigenvalue weighted by Gasteiger charge is -2.30. The Balaban J connectivity index is 1.90. The van der Waals surface area contributed by atoms with Crippen molar-refractivity contribution in [3.63, 3.8) is 0 Å². The van der Waals surface area contributed by atoms with Crippen LogP contribution in [0.15, 0.2) is 53.4 Å². The monoisotopic (exact) mass is 353 g/mol. The van der Waals surface area contributed by atoms with E-state index in [9.17, 15) is 8.42 Å². The average molecular weight is 354 g/mol. The molecule has 0 saturated carbocycles. The third kappa shape index (κ3) is 3.77. The van der Waals surface area contributed by atoms with E-state index in [1.165, 1.54) is 12.1 Å². The van der Waals surface area contributed by atoms with Crippen LogP contribution in [0.5, 0.6) is 5.75 Å². The number of halogens is 1. The lowest BCUT2D eigenvalue weighted by atomic mass is 10.2. The minimum atomic E-state index is -3.94. The number of morpholine rings is 1. The van der Waals surface area contributed by atoms with Crippen LogP contribution in [0.1, 0.15) is 0 Å². The van der Waals surface area contributed by atoms with Crippen molar-refractivity contribution in [2.75, 3.05) is 31.2 Å². The first-order chi connectivity index (χ1) is 11.1. The van der Waals surface area contributed by atoms with Crippen LogP contribution < -0.4 is 9.08 Å². The molecule has 0 spiro atoms. The largest absolute Gasteiger partial charge is 0.378 e. The van der Waals surface area contributed by atoms with Gasteiger partial charge in [-0.15, -0.1) is 0 Å². The van der Waals surface area contributed by atoms with Crippen molar-refractivity contribution >= 4 is 27.4 Å². The molecular formula is C16H16ClNO4S. The third-order valence-electron chi connectivity index (χ3n) is 3.50. The van der Waals surface area contributed by atoms with Gasteiger partial charge in [-0.3, -0.25) is 0 Å². The molecule has 23 heavy (non-hydrogen) atoms. The minimum Gasteiger partial charge on any atom is -0.378 e. The van der Waals surface area contributed by atoms with E-state index in [1.54, 1.807) is 24.3 Å². The van der Waals surface area contributed by atoms with Crippen LogP contribution in [0.3, 0.4) is 0 Å². The second kappa shape index (κ2) is 6.78. The number of hydrogen-bond acceptors (Lipinski definition) is 5. The summed E-state index contributed by atoms with van der Waals surface area (Å²) in [6, 6.07) is 13.1. The van der Waals surface area contributed by atoms with Crippen LogP contribution >= 0.6 is 11.6 Å². The van der Waals surface area contributed by atoms with Crippen molar-refractivity contribution in [1.82, 2.24) is 0 Å². The number of anilines is 1. The van der Waals surface area contributed by atoms with Gasteiger partial charge >= 0.3 is 10.1 Å². The van der Waals surface area contributed by atoms with Crippen LogP contribution in [0.4, 0.5) is 5.69 Å². The fraction of sp³-hybridized carbons (Fsp3) is 0.250. The zero-order chi connectivity index (χ0) is 16.3. The molecule has 0 radical (unpaired) electrons. The van der Waals surface area contributed by atoms with Crippen molar-refractivity contribution < 1.29 is 17.3 Å². The van der Waals surface area contributed by atoms with Gasteiger partial charge < -0.3 is 13.8 Å². The number of para-hydroxylation sites is 2. The summed E-state index contributed by atoms with van der Waals surface area (Å²) < 4.78 is 35.6. The second-order valence-corrected chi connectivity index (χ2v) is 7.04. The van der Waals surface area contributed by atoms with Crippen molar-refractivity contribution in [3.8, 4) is 5.75 Å². The maximum absolute atomic E-state index is 12.5. The third-order valence-corrected chi connectivity index (χ3v) is 4.97. The normalized spacial score (nSPS) is 15.4. The Bertz CT molecular complexity index is 788. The van der Waals surface area contributed by atoms with Crippen LogP contribution in [0.2, 0.25) is 5.02 Å². The quantitative estimate of drug-likeness (QED) is 0.791. The Morgan fingerprint density at radius 3 is 2.52 bits per heavy atom. The molecule has 1 heterocycles. The molecule has 122 valence electrons. The highest BCUT2D eigenvalue weighted by atomic mass is 35.5. The van der Waals surface area contributed by atoms with Gasteiger partial charge in [0.05, 0.1) is 18.9 Å². The Morgan fingerprint density at radius 1 is 1.04 bits per heavy atom. The molecule has 2 aromatic rings. The Morgan fingerprint density at radius 2 is 1.78 bits per heavy atom. The zero-order valence-corrected chi connectivity index (χ0v) is 13.9. The van der Waals surface area contributed by atoms with E-state index in [0.29, 0.717) is 37.1 Å². The molecule has 1 saturated heterocycles. The highest BCUT2D eigenvalue weighted by molar-refractivity contribution is 7.87. The predicted molar refractivity (Wildman–Crippen MR) is 88.7 cm³/mol. The highest BCUT2D eigenvalue weighted by Crippen LogP contribution is 2.31. The fourth-order valence-electron chi connectivity index (χ4n) is 2.38. The first-order valence-corrected chi connectivity index (χ1v) is 8.97. The van der Waals surface area contributed by atoms with Gasteiger partial charge in [-0.25, -0.2) is 0 Å². The smallest absolute Gasteiger partial charge is 0.339 e. The fourth-order valence-corrected chi connectivity index (χ4v) is 3.63. The van der Waals surface area contributed by atoms with Gasteiger partial charge in [0, 0.05) is 18.1 Å². The molecule has 0 aromatic heterocycles. The summed E-state index contributed by atoms with van der Waals surface area (Å²) in [5.74, 6) is 0.300. The van der Waals surface area contributed by atoms with E-state index in [-0.39, 0.29) is 4.90 Å². The number of benzene rings is 2. The van der Waals surface area contributed by atoms with E-state index in [4.69, 9.17) is 20.5 Å². The topological polar surface area (TPSA) is 55.8 Å². The Hall–Kier alpha value is -1.76. The van der Waals surface area contributed by atoms with Gasteiger partial charge in [0.25, 0.3) is 0 Å². The average Bonchev–Trinajstić information content (AvgIpc) is 2.56. The molecule has 1 fully saturated rings. The summed E-state index contributed by atoms with van der Waals surface area (Å²) in [5.41, 5.74) is 0.737. The Kier molecular flexibility index (Phi) is 4.75. The summed E-state index contributed by atoms with van der Waals surface area (Å²) in [6.45, 7) is 2.60. The molecule has 5 nitrogen and oxygen atoms in total. The molecule has 1 aliphatic heterocycles. The van der Waals surface area contributed by atoms with E-state index < -0.39 is 10.1 Å². The maximum atomic E-state index is 12.5. The number of rotatable bonds is 4. The van der Waals surface area contributed by atoms with Gasteiger partial charge in [-0.05, 0) is 30.3 Å². The van der Waals surface area contributed by atoms with Crippen molar-refractivity contribution in [1.29, 1.82) is 0 Å². The summed E-state index contributed by atoms with van der Waals surface area (Å²) >= 11 is 5.86. The van der Waals surface area contributed by atoms with E-state index in [2.05, 4.69) is 0 Å². The van der Waals surface area contributed by atoms with E-state index in [1.807, 2.05) is 17.0 Å². The summed E-state index contributed by atoms with van der Waals surface area (Å²) in [4.78, 5) is 2.08. The van der Waals surface area contributed by atoms with Gasteiger partial charge in [0.1, 0.15) is 4.90 Å². The second-order valence-electron chi connectivity index (χ2n) is 5.06. The first-order valence-electron chi connectivity index (χ1n) is 7.18. The molecule has 1 aliphatic rings. The molecule has 3 rings (SSSR count). The summed E-state index contributed by atoms with van der Waals surface area (Å²) in [7, 11) is -3.94. The van der Waals surface area contributed by atoms with E-state index >= 15 is 0 Å². The van der Waals surface area contributed by atoms with Crippen molar-refractivity contribution in [2.45, 2.75) is 4.90 Å². The number of ether oxygens (including phenoxy) is 1. The molecule has 2 aromatic carbocycles. The maximum Gasteiger partial charge on any atom is 0.339 e. The van der Waals surface area contributed by atoms with Crippen LogP contribution in [-0.4, -0.2) is 34.7 Å². The molecule has 0 N–H and O–H groups in total. The highest BCUT2D eigenvalue weighted by Gasteiger charge is 2.21. The van der Waals surface area contributed by atoms with Gasteiger partial charge in [-0.1, -0.05) is 29.8 Å². The van der Waals surface area contributed by atoms with Crippen LogP contribution in [0.25, 0.3) is 0 Å². The van der Waals surface area contributed by atoms with Crippen LogP contribution in [-0.2, 0) is 14.9 Å². The standard InChI is InChI=1S/C16H16ClNO4S/c17-13-4-3-5-14(12-13)23(19,20)22-16-7-2-1-6-15(16)18-8-10-21-11-9-18/h1-7,12H,8-11H2. The molecule has 0 atom stereocenters. The first kappa shape index (κ1) is 16.1. The molecule has 0 amide bonds. The molecular weight excluding hydrogens is 338 g/mol. The molecule has 0 unspecified atom stereocenters. The van der Waals surface area contributed by atoms with Gasteiger partial charge in [-0.2, -0.15) is 8.42 Å². The summed E-state index contributed by atoms with van der Waals surface area (Å²) in [6.07, 6.45) is 0. The van der Waals surface area contributed by atoms with Crippen molar-refractivity contribution in [3.05, 3.63) is 53.6 Å². The molecule has 0 aliphatic carbocycles. The molecule has 0 bridgehead atoms. The van der Waals surface area contributed by atoms with Gasteiger partial charge in [0.15, 0.2) is 5.75 Å². The number of hydrogen-bond donors (Lipinski definition) is 0. The van der Waals surface area contributed by atoms with E-state index in [0.717, 1.165) is 5.69 Å². The lowest BCUT2D eigenvalue weighted by molar-refractivity contribution is 0.122. The zero-order valence-electron chi connectivity index (χ0n) is 12.3. The predicted octanol–water partition coefficient (Wildman–Crippen LogP) is 2.94. The molecule has 7 heteroatoms. The SMILES string of the molecule is O=S(=O)(Oc1ccccc1N1CCOCC1)c1cccc(Cl)c1.